The molecule has 0 spiro atoms. The normalized spacial score (nSPS) is 12.5. The number of amidine groups is 1. The standard InChI is InChI=1S/C11H18N4O2S/c1-4-7-5-13-8(18-7)6-14-10(16)11(2,3)9(12)15-17/h5,17H,4,6H2,1-3H3,(H2,12,15)(H,14,16). The topological polar surface area (TPSA) is 101 Å². The molecule has 1 aromatic rings. The van der Waals surface area contributed by atoms with Crippen LogP contribution in [0.25, 0.3) is 0 Å². The maximum absolute atomic E-state index is 11.9. The van der Waals surface area contributed by atoms with Gasteiger partial charge in [0.25, 0.3) is 0 Å². The summed E-state index contributed by atoms with van der Waals surface area (Å²) >= 11 is 1.56. The number of aryl methyl sites for hydroxylation is 1. The maximum atomic E-state index is 11.9. The highest BCUT2D eigenvalue weighted by atomic mass is 32.1. The molecule has 0 radical (unpaired) electrons. The molecule has 0 aliphatic rings. The average Bonchev–Trinajstić information content (AvgIpc) is 2.82. The number of thiazole rings is 1. The highest BCUT2D eigenvalue weighted by Gasteiger charge is 2.32. The maximum Gasteiger partial charge on any atom is 0.233 e. The van der Waals surface area contributed by atoms with Gasteiger partial charge in [0.2, 0.25) is 5.91 Å². The summed E-state index contributed by atoms with van der Waals surface area (Å²) in [5.74, 6) is -0.417. The van der Waals surface area contributed by atoms with Crippen LogP contribution in [-0.4, -0.2) is 21.9 Å². The van der Waals surface area contributed by atoms with Crippen LogP contribution < -0.4 is 11.1 Å². The van der Waals surface area contributed by atoms with Crippen LogP contribution in [0.1, 0.15) is 30.7 Å². The van der Waals surface area contributed by atoms with Crippen LogP contribution in [0.5, 0.6) is 0 Å². The van der Waals surface area contributed by atoms with Crippen molar-refractivity contribution in [2.75, 3.05) is 0 Å². The average molecular weight is 270 g/mol. The molecule has 0 aliphatic heterocycles. The monoisotopic (exact) mass is 270 g/mol. The fraction of sp³-hybridized carbons (Fsp3) is 0.545. The SMILES string of the molecule is CCc1cnc(CNC(=O)C(C)(C)C(N)=NO)s1. The second-order valence-electron chi connectivity index (χ2n) is 4.37. The van der Waals surface area contributed by atoms with Crippen molar-refractivity contribution in [2.24, 2.45) is 16.3 Å². The molecule has 0 saturated heterocycles. The van der Waals surface area contributed by atoms with Gasteiger partial charge in [-0.05, 0) is 20.3 Å². The third kappa shape index (κ3) is 3.19. The Labute approximate surface area is 110 Å². The lowest BCUT2D eigenvalue weighted by atomic mass is 9.91. The number of carbonyl (C=O) groups is 1. The number of nitrogens with two attached hydrogens (primary N) is 1. The number of carbonyl (C=O) groups excluding carboxylic acids is 1. The first-order valence-corrected chi connectivity index (χ1v) is 6.43. The molecule has 0 saturated carbocycles. The highest BCUT2D eigenvalue weighted by molar-refractivity contribution is 7.11. The predicted molar refractivity (Wildman–Crippen MR) is 70.5 cm³/mol. The molecule has 6 nitrogen and oxygen atoms in total. The molecule has 0 bridgehead atoms. The van der Waals surface area contributed by atoms with Crippen molar-refractivity contribution in [3.63, 3.8) is 0 Å². The van der Waals surface area contributed by atoms with Crippen molar-refractivity contribution in [1.29, 1.82) is 0 Å². The molecule has 7 heteroatoms. The van der Waals surface area contributed by atoms with Crippen molar-refractivity contribution >= 4 is 23.1 Å². The van der Waals surface area contributed by atoms with Crippen LogP contribution in [0.15, 0.2) is 11.4 Å². The molecule has 18 heavy (non-hydrogen) atoms. The van der Waals surface area contributed by atoms with Crippen molar-refractivity contribution in [3.8, 4) is 0 Å². The zero-order valence-corrected chi connectivity index (χ0v) is 11.5. The van der Waals surface area contributed by atoms with E-state index in [1.807, 2.05) is 0 Å². The van der Waals surface area contributed by atoms with E-state index in [-0.39, 0.29) is 11.7 Å². The van der Waals surface area contributed by atoms with Gasteiger partial charge in [0.05, 0.1) is 6.54 Å². The summed E-state index contributed by atoms with van der Waals surface area (Å²) in [6.45, 7) is 5.59. The Hall–Kier alpha value is -1.63. The van der Waals surface area contributed by atoms with E-state index in [0.29, 0.717) is 6.54 Å². The first kappa shape index (κ1) is 14.4. The molecule has 0 fully saturated rings. The minimum Gasteiger partial charge on any atom is -0.409 e. The Morgan fingerprint density at radius 3 is 2.83 bits per heavy atom. The molecular weight excluding hydrogens is 252 g/mol. The van der Waals surface area contributed by atoms with Gasteiger partial charge < -0.3 is 16.3 Å². The molecule has 1 aromatic heterocycles. The quantitative estimate of drug-likeness (QED) is 0.323. The van der Waals surface area contributed by atoms with Gasteiger partial charge in [0.1, 0.15) is 10.4 Å². The summed E-state index contributed by atoms with van der Waals surface area (Å²) in [5.41, 5.74) is 4.43. The summed E-state index contributed by atoms with van der Waals surface area (Å²) in [6, 6.07) is 0. The molecule has 0 aliphatic carbocycles. The van der Waals surface area contributed by atoms with Gasteiger partial charge in [-0.15, -0.1) is 11.3 Å². The summed E-state index contributed by atoms with van der Waals surface area (Å²) in [5, 5.41) is 15.1. The van der Waals surface area contributed by atoms with Gasteiger partial charge in [-0.3, -0.25) is 4.79 Å². The minimum absolute atomic E-state index is 0.117. The van der Waals surface area contributed by atoms with Gasteiger partial charge >= 0.3 is 0 Å². The number of hydrogen-bond donors (Lipinski definition) is 3. The highest BCUT2D eigenvalue weighted by Crippen LogP contribution is 2.17. The number of nitrogens with zero attached hydrogens (tertiary/aromatic N) is 2. The summed E-state index contributed by atoms with van der Waals surface area (Å²) in [4.78, 5) is 17.3. The zero-order chi connectivity index (χ0) is 13.8. The zero-order valence-electron chi connectivity index (χ0n) is 10.7. The van der Waals surface area contributed by atoms with E-state index in [2.05, 4.69) is 22.4 Å². The van der Waals surface area contributed by atoms with Crippen LogP contribution in [0.4, 0.5) is 0 Å². The Morgan fingerprint density at radius 2 is 2.33 bits per heavy atom. The second-order valence-corrected chi connectivity index (χ2v) is 5.57. The van der Waals surface area contributed by atoms with Crippen LogP contribution in [0, 0.1) is 5.41 Å². The third-order valence-electron chi connectivity index (χ3n) is 2.67. The first-order valence-electron chi connectivity index (χ1n) is 5.61. The van der Waals surface area contributed by atoms with Crippen molar-refractivity contribution in [3.05, 3.63) is 16.1 Å². The number of amides is 1. The molecule has 100 valence electrons. The molecule has 1 amide bonds. The van der Waals surface area contributed by atoms with Crippen molar-refractivity contribution in [2.45, 2.75) is 33.7 Å². The molecule has 0 aromatic carbocycles. The molecule has 1 heterocycles. The molecular formula is C11H18N4O2S. The largest absolute Gasteiger partial charge is 0.409 e. The van der Waals surface area contributed by atoms with Crippen LogP contribution >= 0.6 is 11.3 Å². The Morgan fingerprint density at radius 1 is 1.67 bits per heavy atom. The fourth-order valence-corrected chi connectivity index (χ4v) is 2.01. The van der Waals surface area contributed by atoms with Gasteiger partial charge in [0.15, 0.2) is 5.84 Å². The van der Waals surface area contributed by atoms with Gasteiger partial charge in [-0.1, -0.05) is 12.1 Å². The van der Waals surface area contributed by atoms with E-state index in [1.165, 1.54) is 4.88 Å². The molecule has 0 atom stereocenters. The van der Waals surface area contributed by atoms with E-state index < -0.39 is 5.41 Å². The van der Waals surface area contributed by atoms with Crippen molar-refractivity contribution < 1.29 is 10.0 Å². The van der Waals surface area contributed by atoms with Gasteiger partial charge in [0, 0.05) is 11.1 Å². The lowest BCUT2D eigenvalue weighted by Crippen LogP contribution is -2.45. The minimum atomic E-state index is -1.04. The molecule has 1 rings (SSSR count). The first-order chi connectivity index (χ1) is 8.41. The number of aromatic nitrogens is 1. The van der Waals surface area contributed by atoms with E-state index in [1.54, 1.807) is 31.4 Å². The van der Waals surface area contributed by atoms with Crippen LogP contribution in [-0.2, 0) is 17.8 Å². The fourth-order valence-electron chi connectivity index (χ4n) is 1.21. The smallest absolute Gasteiger partial charge is 0.233 e. The second kappa shape index (κ2) is 5.81. The Bertz CT molecular complexity index is 454. The van der Waals surface area contributed by atoms with Crippen molar-refractivity contribution in [1.82, 2.24) is 10.3 Å². The molecule has 4 N–H and O–H groups in total. The van der Waals surface area contributed by atoms with Crippen LogP contribution in [0.3, 0.4) is 0 Å². The van der Waals surface area contributed by atoms with E-state index in [9.17, 15) is 4.79 Å². The van der Waals surface area contributed by atoms with E-state index in [0.717, 1.165) is 11.4 Å². The Kier molecular flexibility index (Phi) is 4.66. The molecule has 0 unspecified atom stereocenters. The summed E-state index contributed by atoms with van der Waals surface area (Å²) in [6.07, 6.45) is 2.74. The lowest BCUT2D eigenvalue weighted by molar-refractivity contribution is -0.126. The van der Waals surface area contributed by atoms with Gasteiger partial charge in [-0.2, -0.15) is 0 Å². The Balaban J connectivity index is 2.61. The number of oxime groups is 1. The third-order valence-corrected chi connectivity index (χ3v) is 3.81. The predicted octanol–water partition coefficient (Wildman–Crippen LogP) is 1.09. The summed E-state index contributed by atoms with van der Waals surface area (Å²) < 4.78 is 0. The number of nitrogens with one attached hydrogen (secondary N) is 1. The summed E-state index contributed by atoms with van der Waals surface area (Å²) in [7, 11) is 0. The lowest BCUT2D eigenvalue weighted by Gasteiger charge is -2.21. The van der Waals surface area contributed by atoms with Gasteiger partial charge in [-0.25, -0.2) is 4.98 Å². The van der Waals surface area contributed by atoms with E-state index >= 15 is 0 Å². The number of rotatable bonds is 5. The number of hydrogen-bond acceptors (Lipinski definition) is 5. The van der Waals surface area contributed by atoms with E-state index in [4.69, 9.17) is 10.9 Å². The van der Waals surface area contributed by atoms with Crippen LogP contribution in [0.2, 0.25) is 0 Å².